The summed E-state index contributed by atoms with van der Waals surface area (Å²) in [6, 6.07) is 0. The van der Waals surface area contributed by atoms with E-state index in [1.165, 1.54) is 0 Å². The van der Waals surface area contributed by atoms with Crippen LogP contribution in [0, 0.1) is 10.8 Å². The number of carbonyl (C=O) groups excluding carboxylic acids is 1. The van der Waals surface area contributed by atoms with Crippen LogP contribution in [0.15, 0.2) is 0 Å². The van der Waals surface area contributed by atoms with Gasteiger partial charge in [-0.05, 0) is 39.2 Å². The summed E-state index contributed by atoms with van der Waals surface area (Å²) in [6.45, 7) is 3.86. The van der Waals surface area contributed by atoms with E-state index in [0.29, 0.717) is 19.4 Å². The topological polar surface area (TPSA) is 78.4 Å². The third-order valence-electron chi connectivity index (χ3n) is 4.50. The van der Waals surface area contributed by atoms with Gasteiger partial charge in [0.05, 0.1) is 10.8 Å². The predicted octanol–water partition coefficient (Wildman–Crippen LogP) is 0.747. The molecule has 5 heteroatoms. The van der Waals surface area contributed by atoms with Crippen LogP contribution in [0.2, 0.25) is 0 Å². The second kappa shape index (κ2) is 4.88. The number of hydrogen-bond donors (Lipinski definition) is 3. The van der Waals surface area contributed by atoms with Gasteiger partial charge in [0.15, 0.2) is 0 Å². The molecule has 0 spiro atoms. The molecule has 102 valence electrons. The molecular formula is C13H22N2O3. The maximum Gasteiger partial charge on any atom is 0.311 e. The minimum absolute atomic E-state index is 0.0118. The van der Waals surface area contributed by atoms with Crippen molar-refractivity contribution in [1.29, 1.82) is 0 Å². The molecular weight excluding hydrogens is 232 g/mol. The molecule has 1 saturated heterocycles. The second-order valence-electron chi connectivity index (χ2n) is 5.96. The smallest absolute Gasteiger partial charge is 0.311 e. The molecule has 0 aromatic heterocycles. The number of carboxylic acids is 1. The fourth-order valence-electron chi connectivity index (χ4n) is 2.78. The standard InChI is InChI=1S/C13H22N2O3/c1-12(4-3-7-14-8-12)10(16)15-9-13(11(17)18)5-2-6-13/h14H,2-9H2,1H3,(H,15,16)(H,17,18). The van der Waals surface area contributed by atoms with Gasteiger partial charge < -0.3 is 15.7 Å². The monoisotopic (exact) mass is 254 g/mol. The van der Waals surface area contributed by atoms with Gasteiger partial charge in [-0.15, -0.1) is 0 Å². The second-order valence-corrected chi connectivity index (χ2v) is 5.96. The number of piperidine rings is 1. The first-order valence-corrected chi connectivity index (χ1v) is 6.71. The summed E-state index contributed by atoms with van der Waals surface area (Å²) in [5, 5.41) is 15.3. The molecule has 2 rings (SSSR count). The molecule has 0 radical (unpaired) electrons. The van der Waals surface area contributed by atoms with Crippen molar-refractivity contribution in [1.82, 2.24) is 10.6 Å². The normalized spacial score (nSPS) is 30.3. The quantitative estimate of drug-likeness (QED) is 0.691. The Hall–Kier alpha value is -1.10. The van der Waals surface area contributed by atoms with E-state index in [4.69, 9.17) is 0 Å². The zero-order valence-electron chi connectivity index (χ0n) is 10.9. The first kappa shape index (κ1) is 13.3. The van der Waals surface area contributed by atoms with Crippen LogP contribution in [0.25, 0.3) is 0 Å². The van der Waals surface area contributed by atoms with E-state index in [1.807, 2.05) is 6.92 Å². The average molecular weight is 254 g/mol. The summed E-state index contributed by atoms with van der Waals surface area (Å²) < 4.78 is 0. The summed E-state index contributed by atoms with van der Waals surface area (Å²) in [5.74, 6) is -0.789. The molecule has 18 heavy (non-hydrogen) atoms. The Kier molecular flexibility index (Phi) is 3.61. The van der Waals surface area contributed by atoms with Crippen LogP contribution < -0.4 is 10.6 Å². The van der Waals surface area contributed by atoms with E-state index in [2.05, 4.69) is 10.6 Å². The fourth-order valence-corrected chi connectivity index (χ4v) is 2.78. The van der Waals surface area contributed by atoms with Crippen molar-refractivity contribution in [2.24, 2.45) is 10.8 Å². The number of hydrogen-bond acceptors (Lipinski definition) is 3. The SMILES string of the molecule is CC1(C(=O)NCC2(C(=O)O)CCC2)CCCNC1. The molecule has 2 fully saturated rings. The van der Waals surface area contributed by atoms with E-state index >= 15 is 0 Å². The van der Waals surface area contributed by atoms with Crippen LogP contribution >= 0.6 is 0 Å². The zero-order valence-corrected chi connectivity index (χ0v) is 10.9. The lowest BCUT2D eigenvalue weighted by Gasteiger charge is -2.39. The average Bonchev–Trinajstić information content (AvgIpc) is 2.27. The van der Waals surface area contributed by atoms with Gasteiger partial charge in [-0.25, -0.2) is 0 Å². The van der Waals surface area contributed by atoms with E-state index in [0.717, 1.165) is 25.8 Å². The lowest BCUT2D eigenvalue weighted by molar-refractivity contribution is -0.154. The minimum atomic E-state index is -0.777. The van der Waals surface area contributed by atoms with Gasteiger partial charge in [-0.1, -0.05) is 6.42 Å². The Bertz CT molecular complexity index is 344. The Balaban J connectivity index is 1.89. The molecule has 2 aliphatic rings. The molecule has 5 nitrogen and oxygen atoms in total. The first-order valence-electron chi connectivity index (χ1n) is 6.71. The lowest BCUT2D eigenvalue weighted by Crippen LogP contribution is -2.53. The van der Waals surface area contributed by atoms with Crippen molar-refractivity contribution in [3.8, 4) is 0 Å². The van der Waals surface area contributed by atoms with E-state index in [9.17, 15) is 14.7 Å². The minimum Gasteiger partial charge on any atom is -0.481 e. The highest BCUT2D eigenvalue weighted by atomic mass is 16.4. The Morgan fingerprint density at radius 1 is 1.28 bits per heavy atom. The molecule has 3 N–H and O–H groups in total. The van der Waals surface area contributed by atoms with E-state index < -0.39 is 11.4 Å². The molecule has 0 aromatic rings. The molecule has 1 atom stereocenters. The number of amides is 1. The fraction of sp³-hybridized carbons (Fsp3) is 0.846. The van der Waals surface area contributed by atoms with E-state index in [-0.39, 0.29) is 17.9 Å². The van der Waals surface area contributed by atoms with Crippen LogP contribution in [0.1, 0.15) is 39.0 Å². The third-order valence-corrected chi connectivity index (χ3v) is 4.50. The summed E-state index contributed by atoms with van der Waals surface area (Å²) in [7, 11) is 0. The largest absolute Gasteiger partial charge is 0.481 e. The maximum atomic E-state index is 12.2. The molecule has 1 aliphatic carbocycles. The molecule has 1 heterocycles. The predicted molar refractivity (Wildman–Crippen MR) is 67.1 cm³/mol. The number of carboxylic acid groups (broad SMARTS) is 1. The zero-order chi connectivity index (χ0) is 13.2. The highest BCUT2D eigenvalue weighted by Crippen LogP contribution is 2.40. The van der Waals surface area contributed by atoms with Crippen molar-refractivity contribution >= 4 is 11.9 Å². The van der Waals surface area contributed by atoms with Gasteiger partial charge in [0.2, 0.25) is 5.91 Å². The number of rotatable bonds is 4. The summed E-state index contributed by atoms with van der Waals surface area (Å²) in [5.41, 5.74) is -1.09. The highest BCUT2D eigenvalue weighted by Gasteiger charge is 2.45. The van der Waals surface area contributed by atoms with Crippen molar-refractivity contribution in [3.05, 3.63) is 0 Å². The number of carbonyl (C=O) groups is 2. The summed E-state index contributed by atoms with van der Waals surface area (Å²) in [6.07, 6.45) is 4.16. The van der Waals surface area contributed by atoms with Crippen molar-refractivity contribution in [3.63, 3.8) is 0 Å². The van der Waals surface area contributed by atoms with Crippen LogP contribution in [0.3, 0.4) is 0 Å². The lowest BCUT2D eigenvalue weighted by atomic mass is 9.68. The maximum absolute atomic E-state index is 12.2. The van der Waals surface area contributed by atoms with Gasteiger partial charge in [-0.2, -0.15) is 0 Å². The van der Waals surface area contributed by atoms with Crippen LogP contribution in [0.5, 0.6) is 0 Å². The Labute approximate surface area is 107 Å². The number of aliphatic carboxylic acids is 1. The van der Waals surface area contributed by atoms with E-state index in [1.54, 1.807) is 0 Å². The molecule has 0 aromatic carbocycles. The van der Waals surface area contributed by atoms with Crippen LogP contribution in [-0.2, 0) is 9.59 Å². The van der Waals surface area contributed by atoms with Gasteiger partial charge in [0.1, 0.15) is 0 Å². The molecule has 1 amide bonds. The summed E-state index contributed by atoms with van der Waals surface area (Å²) in [4.78, 5) is 23.4. The highest BCUT2D eigenvalue weighted by molar-refractivity contribution is 5.84. The third kappa shape index (κ3) is 2.36. The van der Waals surface area contributed by atoms with Crippen molar-refractivity contribution < 1.29 is 14.7 Å². The number of nitrogens with one attached hydrogen (secondary N) is 2. The van der Waals surface area contributed by atoms with Gasteiger partial charge in [0.25, 0.3) is 0 Å². The van der Waals surface area contributed by atoms with Crippen LogP contribution in [-0.4, -0.2) is 36.6 Å². The Morgan fingerprint density at radius 2 is 2.00 bits per heavy atom. The van der Waals surface area contributed by atoms with Gasteiger partial charge >= 0.3 is 5.97 Å². The Morgan fingerprint density at radius 3 is 2.44 bits per heavy atom. The molecule has 1 aliphatic heterocycles. The van der Waals surface area contributed by atoms with Gasteiger partial charge in [0, 0.05) is 13.1 Å². The van der Waals surface area contributed by atoms with Crippen molar-refractivity contribution in [2.75, 3.05) is 19.6 Å². The van der Waals surface area contributed by atoms with Gasteiger partial charge in [-0.3, -0.25) is 9.59 Å². The molecule has 0 bridgehead atoms. The molecule has 1 unspecified atom stereocenters. The van der Waals surface area contributed by atoms with Crippen molar-refractivity contribution in [2.45, 2.75) is 39.0 Å². The molecule has 1 saturated carbocycles. The van der Waals surface area contributed by atoms with Crippen LogP contribution in [0.4, 0.5) is 0 Å². The first-order chi connectivity index (χ1) is 8.49. The summed E-state index contributed by atoms with van der Waals surface area (Å²) >= 11 is 0.